The van der Waals surface area contributed by atoms with Crippen molar-refractivity contribution in [2.24, 2.45) is 10.2 Å². The Morgan fingerprint density at radius 3 is 2.42 bits per heavy atom. The number of anilines is 1. The molecule has 0 spiro atoms. The predicted octanol–water partition coefficient (Wildman–Crippen LogP) is 5.02. The molecule has 1 heterocycles. The number of azo groups is 1. The van der Waals surface area contributed by atoms with Gasteiger partial charge in [-0.3, -0.25) is 14.3 Å². The molecule has 0 aliphatic heterocycles. The molecule has 4 aromatic rings. The maximum atomic E-state index is 11.9. The molecule has 0 saturated carbocycles. The quantitative estimate of drug-likeness (QED) is 0.116. The standard InChI is InChI=1S/C25H22N4O5S.Na.H/c1-3-34-25-16(14-30)10-15(2)11-20(25)21-9-8-17(13-27-21)28-29-22-12-23(35(31,32)33)18-6-4-5-7-19(18)24(22)26;;/h4-14H,3,26H2,1-2H3,(H,31,32,33);;. The van der Waals surface area contributed by atoms with E-state index in [1.165, 1.54) is 12.3 Å². The van der Waals surface area contributed by atoms with Crippen LogP contribution in [0.4, 0.5) is 17.1 Å². The fourth-order valence-electron chi connectivity index (χ4n) is 3.75. The summed E-state index contributed by atoms with van der Waals surface area (Å²) < 4.78 is 39.2. The normalized spacial score (nSPS) is 11.4. The van der Waals surface area contributed by atoms with Gasteiger partial charge in [-0.15, -0.1) is 10.2 Å². The third kappa shape index (κ3) is 5.63. The summed E-state index contributed by atoms with van der Waals surface area (Å²) in [7, 11) is -4.51. The van der Waals surface area contributed by atoms with Crippen LogP contribution in [0.25, 0.3) is 22.0 Å². The molecule has 0 aliphatic rings. The fraction of sp³-hybridized carbons (Fsp3) is 0.120. The molecule has 0 atom stereocenters. The molecule has 9 nitrogen and oxygen atoms in total. The first kappa shape index (κ1) is 27.4. The van der Waals surface area contributed by atoms with Crippen LogP contribution in [0.1, 0.15) is 22.8 Å². The third-order valence-corrected chi connectivity index (χ3v) is 6.17. The van der Waals surface area contributed by atoms with Gasteiger partial charge in [0, 0.05) is 16.3 Å². The summed E-state index contributed by atoms with van der Waals surface area (Å²) >= 11 is 0. The van der Waals surface area contributed by atoms with Crippen LogP contribution in [-0.2, 0) is 10.1 Å². The fourth-order valence-corrected chi connectivity index (χ4v) is 4.46. The third-order valence-electron chi connectivity index (χ3n) is 5.28. The number of benzene rings is 3. The van der Waals surface area contributed by atoms with E-state index in [-0.39, 0.29) is 51.2 Å². The van der Waals surface area contributed by atoms with E-state index < -0.39 is 10.1 Å². The molecule has 4 rings (SSSR count). The zero-order valence-corrected chi connectivity index (χ0v) is 19.8. The van der Waals surface area contributed by atoms with Gasteiger partial charge in [0.25, 0.3) is 10.1 Å². The van der Waals surface area contributed by atoms with Crippen LogP contribution in [-0.4, -0.2) is 60.4 Å². The number of aromatic nitrogens is 1. The Kier molecular flexibility index (Phi) is 8.59. The van der Waals surface area contributed by atoms with E-state index in [4.69, 9.17) is 10.5 Å². The summed E-state index contributed by atoms with van der Waals surface area (Å²) in [5.74, 6) is 0.455. The van der Waals surface area contributed by atoms with Crippen molar-refractivity contribution in [1.82, 2.24) is 4.98 Å². The van der Waals surface area contributed by atoms with Crippen LogP contribution in [0.15, 0.2) is 75.9 Å². The first-order valence-corrected chi connectivity index (χ1v) is 12.1. The first-order chi connectivity index (χ1) is 16.7. The van der Waals surface area contributed by atoms with Crippen molar-refractivity contribution in [1.29, 1.82) is 0 Å². The zero-order valence-electron chi connectivity index (χ0n) is 19.0. The molecule has 0 radical (unpaired) electrons. The number of hydrogen-bond acceptors (Lipinski definition) is 8. The van der Waals surface area contributed by atoms with Crippen LogP contribution in [0.3, 0.4) is 0 Å². The average molecular weight is 515 g/mol. The second-order valence-corrected chi connectivity index (χ2v) is 9.10. The molecule has 0 bridgehead atoms. The van der Waals surface area contributed by atoms with Crippen LogP contribution in [0.2, 0.25) is 0 Å². The van der Waals surface area contributed by atoms with Gasteiger partial charge in [0.15, 0.2) is 6.29 Å². The Balaban J connectivity index is 0.00000361. The number of ether oxygens (including phenoxy) is 1. The predicted molar refractivity (Wildman–Crippen MR) is 140 cm³/mol. The summed E-state index contributed by atoms with van der Waals surface area (Å²) in [6, 6.07) is 14.7. The van der Waals surface area contributed by atoms with E-state index >= 15 is 0 Å². The molecule has 0 unspecified atom stereocenters. The van der Waals surface area contributed by atoms with Gasteiger partial charge < -0.3 is 10.5 Å². The van der Waals surface area contributed by atoms with Gasteiger partial charge >= 0.3 is 29.6 Å². The molecule has 0 amide bonds. The van der Waals surface area contributed by atoms with Crippen molar-refractivity contribution in [3.05, 3.63) is 71.9 Å². The Labute approximate surface area is 230 Å². The van der Waals surface area contributed by atoms with Crippen molar-refractivity contribution < 1.29 is 22.5 Å². The molecule has 3 aromatic carbocycles. The van der Waals surface area contributed by atoms with Gasteiger partial charge in [-0.1, -0.05) is 24.3 Å². The molecular formula is C25H23N4NaO5S. The van der Waals surface area contributed by atoms with Gasteiger partial charge in [0.1, 0.15) is 22.0 Å². The number of carbonyl (C=O) groups is 1. The van der Waals surface area contributed by atoms with Gasteiger partial charge in [0.2, 0.25) is 0 Å². The Morgan fingerprint density at radius 1 is 1.08 bits per heavy atom. The SMILES string of the molecule is CCOc1c(C=O)cc(C)cc1-c1ccc(N=Nc2cc(S(=O)(=O)O)c3ccccc3c2N)cn1.[NaH]. The topological polar surface area (TPSA) is 144 Å². The van der Waals surface area contributed by atoms with Gasteiger partial charge in [-0.05, 0) is 49.7 Å². The Hall–Kier alpha value is -3.15. The van der Waals surface area contributed by atoms with E-state index in [1.54, 1.807) is 42.5 Å². The second-order valence-electron chi connectivity index (χ2n) is 7.71. The van der Waals surface area contributed by atoms with Gasteiger partial charge in [0.05, 0.1) is 29.7 Å². The van der Waals surface area contributed by atoms with Crippen molar-refractivity contribution >= 4 is 73.8 Å². The number of nitrogens with zero attached hydrogens (tertiary/aromatic N) is 3. The number of nitrogens with two attached hydrogens (primary N) is 1. The Bertz CT molecular complexity index is 1570. The number of nitrogen functional groups attached to an aromatic ring is 1. The molecule has 0 saturated heterocycles. The van der Waals surface area contributed by atoms with Crippen molar-refractivity contribution in [3.63, 3.8) is 0 Å². The molecule has 36 heavy (non-hydrogen) atoms. The second kappa shape index (κ2) is 11.3. The summed E-state index contributed by atoms with van der Waals surface area (Å²) in [4.78, 5) is 15.6. The minimum absolute atomic E-state index is 0. The minimum atomic E-state index is -4.51. The number of hydrogen-bond donors (Lipinski definition) is 2. The van der Waals surface area contributed by atoms with Gasteiger partial charge in [-0.2, -0.15) is 8.42 Å². The number of aryl methyl sites for hydroxylation is 1. The maximum absolute atomic E-state index is 11.9. The summed E-state index contributed by atoms with van der Waals surface area (Å²) in [5, 5.41) is 8.95. The summed E-state index contributed by atoms with van der Waals surface area (Å²) in [5.41, 5.74) is 9.48. The molecule has 180 valence electrons. The van der Waals surface area contributed by atoms with Gasteiger partial charge in [-0.25, -0.2) is 0 Å². The summed E-state index contributed by atoms with van der Waals surface area (Å²) in [6.07, 6.45) is 2.23. The van der Waals surface area contributed by atoms with E-state index in [1.807, 2.05) is 19.9 Å². The number of rotatable bonds is 7. The van der Waals surface area contributed by atoms with Crippen LogP contribution in [0.5, 0.6) is 5.75 Å². The van der Waals surface area contributed by atoms with Crippen molar-refractivity contribution in [2.75, 3.05) is 12.3 Å². The molecule has 1 aromatic heterocycles. The van der Waals surface area contributed by atoms with Crippen LogP contribution >= 0.6 is 0 Å². The van der Waals surface area contributed by atoms with E-state index in [9.17, 15) is 17.8 Å². The van der Waals surface area contributed by atoms with Crippen LogP contribution in [0, 0.1) is 6.92 Å². The van der Waals surface area contributed by atoms with Crippen LogP contribution < -0.4 is 10.5 Å². The number of aldehydes is 1. The molecular weight excluding hydrogens is 491 g/mol. The molecule has 11 heteroatoms. The first-order valence-electron chi connectivity index (χ1n) is 10.6. The molecule has 0 aliphatic carbocycles. The van der Waals surface area contributed by atoms with Crippen molar-refractivity contribution in [3.8, 4) is 17.0 Å². The van der Waals surface area contributed by atoms with E-state index in [0.29, 0.717) is 40.3 Å². The number of carbonyl (C=O) groups excluding carboxylic acids is 1. The molecule has 3 N–H and O–H groups in total. The number of pyridine rings is 1. The monoisotopic (exact) mass is 514 g/mol. The average Bonchev–Trinajstić information content (AvgIpc) is 2.84. The van der Waals surface area contributed by atoms with E-state index in [2.05, 4.69) is 15.2 Å². The van der Waals surface area contributed by atoms with Crippen molar-refractivity contribution in [2.45, 2.75) is 18.7 Å². The zero-order chi connectivity index (χ0) is 25.2. The van der Waals surface area contributed by atoms with E-state index in [0.717, 1.165) is 11.8 Å². The molecule has 0 fully saturated rings. The number of fused-ring (bicyclic) bond motifs is 1. The Morgan fingerprint density at radius 2 is 1.81 bits per heavy atom. The summed E-state index contributed by atoms with van der Waals surface area (Å²) in [6.45, 7) is 4.10.